The summed E-state index contributed by atoms with van der Waals surface area (Å²) in [5.74, 6) is 0. The second-order valence-electron chi connectivity index (χ2n) is 0.469. The zero-order valence-corrected chi connectivity index (χ0v) is 9.86. The van der Waals surface area contributed by atoms with E-state index in [2.05, 4.69) is 0 Å². The van der Waals surface area contributed by atoms with E-state index in [0.29, 0.717) is 23.0 Å². The third-order valence-corrected chi connectivity index (χ3v) is 0. The van der Waals surface area contributed by atoms with Crippen molar-refractivity contribution in [3.8, 4) is 0 Å². The summed E-state index contributed by atoms with van der Waals surface area (Å²) in [6.45, 7) is 0. The minimum atomic E-state index is -5.85. The standard InChI is InChI=1S/Ag.H2O.4O.2Sb/h;1H2;;;;;;/q+1;;;;2*-1;2*+1/p-1. The third kappa shape index (κ3) is 107. The molecule has 0 aliphatic carbocycles. The van der Waals surface area contributed by atoms with Crippen molar-refractivity contribution in [2.75, 3.05) is 0 Å². The Hall–Kier alpha value is 1.86. The van der Waals surface area contributed by atoms with E-state index in [1.165, 1.54) is 0 Å². The SMILES string of the molecule is [Ag+].[O]=[Sb+].[O]=[Sb]([O-])([O-])[OH]. The van der Waals surface area contributed by atoms with Crippen LogP contribution in [0.4, 0.5) is 0 Å². The molecule has 8 heavy (non-hydrogen) atoms. The van der Waals surface area contributed by atoms with E-state index in [-0.39, 0.29) is 22.4 Å². The van der Waals surface area contributed by atoms with Crippen LogP contribution in [0.2, 0.25) is 0 Å². The zero-order valence-electron chi connectivity index (χ0n) is 3.28. The molecule has 0 bridgehead atoms. The molecule has 0 amide bonds. The van der Waals surface area contributed by atoms with E-state index in [9.17, 15) is 0 Å². The molecule has 0 aromatic heterocycles. The quantitative estimate of drug-likeness (QED) is 0.394. The van der Waals surface area contributed by atoms with Crippen LogP contribution < -0.4 is 6.77 Å². The predicted molar refractivity (Wildman–Crippen MR) is 15.1 cm³/mol. The van der Waals surface area contributed by atoms with Gasteiger partial charge in [-0.3, -0.25) is 0 Å². The predicted octanol–water partition coefficient (Wildman–Crippen LogP) is -3.94. The molecule has 8 heteroatoms. The van der Waals surface area contributed by atoms with Crippen LogP contribution in [0.25, 0.3) is 0 Å². The summed E-state index contributed by atoms with van der Waals surface area (Å²) in [5.41, 5.74) is 0. The van der Waals surface area contributed by atoms with Crippen molar-refractivity contribution >= 4 is 43.1 Å². The van der Waals surface area contributed by atoms with E-state index < -0.39 is 20.1 Å². The fourth-order valence-corrected chi connectivity index (χ4v) is 0. The van der Waals surface area contributed by atoms with E-state index >= 15 is 0 Å². The van der Waals surface area contributed by atoms with Gasteiger partial charge in [0.05, 0.1) is 0 Å². The van der Waals surface area contributed by atoms with Gasteiger partial charge >= 0.3 is 81.6 Å². The summed E-state index contributed by atoms with van der Waals surface area (Å²) in [5, 5.41) is 0. The summed E-state index contributed by atoms with van der Waals surface area (Å²) >= 11 is -5.35. The Morgan fingerprint density at radius 1 is 1.38 bits per heavy atom. The van der Waals surface area contributed by atoms with E-state index in [1.54, 1.807) is 0 Å². The average Bonchev–Trinajstić information content (AvgIpc) is 1.36. The molecule has 0 aromatic carbocycles. The van der Waals surface area contributed by atoms with Crippen LogP contribution in [0, 0.1) is 0 Å². The monoisotopic (exact) mass is 430 g/mol. The average molecular weight is 432 g/mol. The third-order valence-electron chi connectivity index (χ3n) is 0. The molecule has 0 spiro atoms. The molecule has 5 nitrogen and oxygen atoms in total. The van der Waals surface area contributed by atoms with Gasteiger partial charge in [0.15, 0.2) is 0 Å². The molecule has 0 fully saturated rings. The van der Waals surface area contributed by atoms with Crippen LogP contribution in [0.3, 0.4) is 0 Å². The molecule has 1 N–H and O–H groups in total. The molecular weight excluding hydrogens is 431 g/mol. The zero-order chi connectivity index (χ0) is 6.50. The van der Waals surface area contributed by atoms with Crippen LogP contribution in [0.1, 0.15) is 0 Å². The van der Waals surface area contributed by atoms with E-state index in [0.717, 1.165) is 0 Å². The second-order valence-corrected chi connectivity index (χ2v) is 3.14. The van der Waals surface area contributed by atoms with Crippen molar-refractivity contribution in [1.29, 1.82) is 0 Å². The Morgan fingerprint density at radius 3 is 1.38 bits per heavy atom. The van der Waals surface area contributed by atoms with Crippen molar-refractivity contribution in [1.82, 2.24) is 0 Å². The molecule has 0 unspecified atom stereocenters. The van der Waals surface area contributed by atoms with Gasteiger partial charge in [0, 0.05) is 0 Å². The Bertz CT molecular complexity index is 66.2. The molecule has 52 valence electrons. The van der Waals surface area contributed by atoms with Gasteiger partial charge in [-0.1, -0.05) is 0 Å². The molecule has 0 aromatic rings. The fraction of sp³-hybridized carbons (Fsp3) is 0. The van der Waals surface area contributed by atoms with Crippen molar-refractivity contribution < 1.29 is 38.6 Å². The fourth-order valence-electron chi connectivity index (χ4n) is 0. The molecule has 0 rings (SSSR count). The van der Waals surface area contributed by atoms with Crippen molar-refractivity contribution in [3.05, 3.63) is 0 Å². The number of rotatable bonds is 0. The Kier molecular flexibility index (Phi) is 18.2. The summed E-state index contributed by atoms with van der Waals surface area (Å²) in [6, 6.07) is 0. The maximum atomic E-state index is 8.75. The first-order chi connectivity index (χ1) is 3.00. The van der Waals surface area contributed by atoms with Gasteiger partial charge in [0.1, 0.15) is 0 Å². The molecule has 0 atom stereocenters. The van der Waals surface area contributed by atoms with Crippen LogP contribution >= 0.6 is 0 Å². The second kappa shape index (κ2) is 8.86. The Balaban J connectivity index is -0.0000000750. The van der Waals surface area contributed by atoms with Gasteiger partial charge in [0.25, 0.3) is 0 Å². The Labute approximate surface area is 80.6 Å². The van der Waals surface area contributed by atoms with Crippen LogP contribution in [0.5, 0.6) is 0 Å². The first kappa shape index (κ1) is 16.4. The number of hydrogen-bond donors (Lipinski definition) is 1. The van der Waals surface area contributed by atoms with Gasteiger partial charge in [-0.25, -0.2) is 0 Å². The Morgan fingerprint density at radius 2 is 1.38 bits per heavy atom. The van der Waals surface area contributed by atoms with Gasteiger partial charge in [-0.15, -0.1) is 0 Å². The van der Waals surface area contributed by atoms with Crippen molar-refractivity contribution in [2.24, 2.45) is 0 Å². The molecule has 0 saturated heterocycles. The van der Waals surface area contributed by atoms with Crippen LogP contribution in [0.15, 0.2) is 0 Å². The van der Waals surface area contributed by atoms with Gasteiger partial charge in [-0.05, 0) is 0 Å². The molecule has 0 heterocycles. The summed E-state index contributed by atoms with van der Waals surface area (Å²) in [7, 11) is 0. The van der Waals surface area contributed by atoms with E-state index in [1.807, 2.05) is 0 Å². The number of hydrogen-bond acceptors (Lipinski definition) is 4. The molecule has 2 radical (unpaired) electrons. The topological polar surface area (TPSA) is 100 Å². The summed E-state index contributed by atoms with van der Waals surface area (Å²) in [6.07, 6.45) is 0. The van der Waals surface area contributed by atoms with Crippen molar-refractivity contribution in [2.45, 2.75) is 0 Å². The van der Waals surface area contributed by atoms with Gasteiger partial charge in [-0.2, -0.15) is 0 Å². The summed E-state index contributed by atoms with van der Waals surface area (Å²) in [4.78, 5) is 0. The first-order valence-electron chi connectivity index (χ1n) is 0.930. The summed E-state index contributed by atoms with van der Waals surface area (Å²) < 4.78 is 41.6. The van der Waals surface area contributed by atoms with Gasteiger partial charge < -0.3 is 0 Å². The normalized spacial score (nSPS) is 7.88. The molecule has 0 saturated carbocycles. The minimum absolute atomic E-state index is 0. The first-order valence-corrected chi connectivity index (χ1v) is 6.24. The van der Waals surface area contributed by atoms with Crippen LogP contribution in [-0.2, 0) is 28.4 Å². The van der Waals surface area contributed by atoms with Gasteiger partial charge in [0.2, 0.25) is 0 Å². The molecule has 0 aliphatic heterocycles. The maximum absolute atomic E-state index is 8.75. The molecular formula is HAgO5Sb2. The van der Waals surface area contributed by atoms with Crippen molar-refractivity contribution in [3.63, 3.8) is 0 Å². The van der Waals surface area contributed by atoms with E-state index in [4.69, 9.17) is 16.2 Å². The molecule has 0 aliphatic rings. The van der Waals surface area contributed by atoms with Crippen LogP contribution in [-0.4, -0.2) is 46.5 Å².